The fourth-order valence-corrected chi connectivity index (χ4v) is 4.83. The Hall–Kier alpha value is -2.73. The van der Waals surface area contributed by atoms with E-state index in [0.717, 1.165) is 17.3 Å². The lowest BCUT2D eigenvalue weighted by Crippen LogP contribution is -2.48. The molecule has 0 bridgehead atoms. The maximum absolute atomic E-state index is 13.6. The van der Waals surface area contributed by atoms with Crippen LogP contribution in [0.15, 0.2) is 30.3 Å². The Balaban J connectivity index is 2.06. The van der Waals surface area contributed by atoms with Gasteiger partial charge in [0.2, 0.25) is 0 Å². The molecule has 1 aliphatic heterocycles. The summed E-state index contributed by atoms with van der Waals surface area (Å²) in [4.78, 5) is 21.0. The molecule has 2 aromatic rings. The molecule has 1 saturated heterocycles. The van der Waals surface area contributed by atoms with Crippen molar-refractivity contribution in [3.8, 4) is 6.07 Å². The molecule has 0 N–H and O–H groups in total. The van der Waals surface area contributed by atoms with Crippen molar-refractivity contribution < 1.29 is 18.0 Å². The fraction of sp³-hybridized carbons (Fsp3) is 0.409. The van der Waals surface area contributed by atoms with E-state index in [4.69, 9.17) is 0 Å². The van der Waals surface area contributed by atoms with E-state index in [-0.39, 0.29) is 23.5 Å². The molecule has 1 atom stereocenters. The number of nitriles is 1. The standard InChI is InChI=1S/C22H23F3N4OS/c1-13(2)29(16-7-5-6-14(3)10-16)20(30)21-28(8-9-31-21)19-17(12-26)18(22(23,24)25)11-15(4)27-19/h5-7,10-11,13,21H,8-9H2,1-4H3/t21-/m1/s1. The lowest BCUT2D eigenvalue weighted by atomic mass is 10.1. The SMILES string of the molecule is Cc1cccc(N(C(=O)[C@H]2SCCN2c2nc(C)cc(C(F)(F)F)c2C#N)C(C)C)c1. The monoisotopic (exact) mass is 448 g/mol. The van der Waals surface area contributed by atoms with Crippen LogP contribution in [0.5, 0.6) is 0 Å². The number of amides is 1. The topological polar surface area (TPSA) is 60.2 Å². The van der Waals surface area contributed by atoms with Gasteiger partial charge in [0.15, 0.2) is 5.37 Å². The summed E-state index contributed by atoms with van der Waals surface area (Å²) in [5, 5.41) is 8.75. The average molecular weight is 449 g/mol. The molecule has 0 radical (unpaired) electrons. The highest BCUT2D eigenvalue weighted by molar-refractivity contribution is 8.01. The first-order valence-electron chi connectivity index (χ1n) is 9.81. The van der Waals surface area contributed by atoms with Crippen molar-refractivity contribution in [3.63, 3.8) is 0 Å². The van der Waals surface area contributed by atoms with E-state index in [1.807, 2.05) is 45.0 Å². The summed E-state index contributed by atoms with van der Waals surface area (Å²) in [5.41, 5.74) is 0.281. The van der Waals surface area contributed by atoms with E-state index in [1.54, 1.807) is 11.0 Å². The zero-order valence-electron chi connectivity index (χ0n) is 17.7. The van der Waals surface area contributed by atoms with Crippen molar-refractivity contribution in [2.75, 3.05) is 22.1 Å². The molecular formula is C22H23F3N4OS. The number of thioether (sulfide) groups is 1. The molecule has 0 unspecified atom stereocenters. The smallest absolute Gasteiger partial charge is 0.334 e. The first-order chi connectivity index (χ1) is 14.5. The third-order valence-corrected chi connectivity index (χ3v) is 6.14. The van der Waals surface area contributed by atoms with E-state index in [0.29, 0.717) is 12.3 Å². The van der Waals surface area contributed by atoms with Gasteiger partial charge in [0.05, 0.1) is 5.56 Å². The number of aromatic nitrogens is 1. The summed E-state index contributed by atoms with van der Waals surface area (Å²) in [7, 11) is 0. The predicted octanol–water partition coefficient (Wildman–Crippen LogP) is 4.91. The number of halogens is 3. The number of aryl methyl sites for hydroxylation is 2. The van der Waals surface area contributed by atoms with Crippen molar-refractivity contribution in [1.82, 2.24) is 4.98 Å². The van der Waals surface area contributed by atoms with E-state index in [9.17, 15) is 23.2 Å². The molecule has 0 aliphatic carbocycles. The summed E-state index contributed by atoms with van der Waals surface area (Å²) >= 11 is 1.34. The van der Waals surface area contributed by atoms with Crippen molar-refractivity contribution in [2.24, 2.45) is 0 Å². The van der Waals surface area contributed by atoms with Crippen LogP contribution in [-0.4, -0.2) is 34.6 Å². The number of carbonyl (C=O) groups is 1. The molecule has 0 spiro atoms. The summed E-state index contributed by atoms with van der Waals surface area (Å²) < 4.78 is 40.7. The van der Waals surface area contributed by atoms with Crippen LogP contribution in [-0.2, 0) is 11.0 Å². The molecule has 0 saturated carbocycles. The largest absolute Gasteiger partial charge is 0.417 e. The summed E-state index contributed by atoms with van der Waals surface area (Å²) in [6, 6.07) is 9.90. The highest BCUT2D eigenvalue weighted by Gasteiger charge is 2.41. The second-order valence-corrected chi connectivity index (χ2v) is 8.87. The first-order valence-corrected chi connectivity index (χ1v) is 10.9. The number of rotatable bonds is 4. The molecule has 1 amide bonds. The van der Waals surface area contributed by atoms with E-state index >= 15 is 0 Å². The second kappa shape index (κ2) is 8.79. The van der Waals surface area contributed by atoms with Gasteiger partial charge in [-0.15, -0.1) is 11.8 Å². The molecule has 3 rings (SSSR count). The first kappa shape index (κ1) is 22.9. The Morgan fingerprint density at radius 2 is 2.03 bits per heavy atom. The minimum absolute atomic E-state index is 0.0916. The number of anilines is 2. The molecule has 31 heavy (non-hydrogen) atoms. The molecular weight excluding hydrogens is 425 g/mol. The van der Waals surface area contributed by atoms with Crippen LogP contribution in [0.2, 0.25) is 0 Å². The number of benzene rings is 1. The van der Waals surface area contributed by atoms with Crippen LogP contribution in [0.25, 0.3) is 0 Å². The highest BCUT2D eigenvalue weighted by Crippen LogP contribution is 2.39. The second-order valence-electron chi connectivity index (χ2n) is 7.68. The Morgan fingerprint density at radius 1 is 1.32 bits per heavy atom. The Kier molecular flexibility index (Phi) is 6.51. The Bertz CT molecular complexity index is 1030. The van der Waals surface area contributed by atoms with Gasteiger partial charge < -0.3 is 9.80 Å². The lowest BCUT2D eigenvalue weighted by Gasteiger charge is -2.33. The zero-order chi connectivity index (χ0) is 22.9. The highest BCUT2D eigenvalue weighted by atomic mass is 32.2. The Morgan fingerprint density at radius 3 is 2.61 bits per heavy atom. The summed E-state index contributed by atoms with van der Waals surface area (Å²) in [6.45, 7) is 7.48. The van der Waals surface area contributed by atoms with E-state index < -0.39 is 22.7 Å². The van der Waals surface area contributed by atoms with E-state index in [1.165, 1.54) is 23.6 Å². The van der Waals surface area contributed by atoms with Gasteiger partial charge in [-0.05, 0) is 51.5 Å². The molecule has 1 aromatic heterocycles. The number of pyridine rings is 1. The molecule has 9 heteroatoms. The maximum atomic E-state index is 13.6. The lowest BCUT2D eigenvalue weighted by molar-refractivity contribution is -0.137. The molecule has 1 aliphatic rings. The summed E-state index contributed by atoms with van der Waals surface area (Å²) in [5.74, 6) is 0.202. The average Bonchev–Trinajstić information content (AvgIpc) is 3.16. The van der Waals surface area contributed by atoms with Crippen LogP contribution in [0, 0.1) is 25.2 Å². The molecule has 164 valence electrons. The number of alkyl halides is 3. The van der Waals surface area contributed by atoms with Gasteiger partial charge in [0.1, 0.15) is 17.5 Å². The number of hydrogen-bond donors (Lipinski definition) is 0. The van der Waals surface area contributed by atoms with E-state index in [2.05, 4.69) is 4.98 Å². The van der Waals surface area contributed by atoms with Crippen molar-refractivity contribution in [2.45, 2.75) is 45.3 Å². The van der Waals surface area contributed by atoms with Gasteiger partial charge in [-0.1, -0.05) is 12.1 Å². The van der Waals surface area contributed by atoms with Gasteiger partial charge in [0.25, 0.3) is 5.91 Å². The van der Waals surface area contributed by atoms with Crippen LogP contribution < -0.4 is 9.80 Å². The van der Waals surface area contributed by atoms with Gasteiger partial charge in [-0.3, -0.25) is 4.79 Å². The quantitative estimate of drug-likeness (QED) is 0.665. The van der Waals surface area contributed by atoms with Gasteiger partial charge in [-0.2, -0.15) is 18.4 Å². The predicted molar refractivity (Wildman–Crippen MR) is 116 cm³/mol. The molecule has 5 nitrogen and oxygen atoms in total. The van der Waals surface area contributed by atoms with Crippen molar-refractivity contribution in [3.05, 3.63) is 52.7 Å². The van der Waals surface area contributed by atoms with Crippen LogP contribution >= 0.6 is 11.8 Å². The maximum Gasteiger partial charge on any atom is 0.417 e. The molecule has 1 fully saturated rings. The number of carbonyl (C=O) groups excluding carboxylic acids is 1. The normalized spacial score (nSPS) is 16.5. The van der Waals surface area contributed by atoms with Gasteiger partial charge >= 0.3 is 6.18 Å². The van der Waals surface area contributed by atoms with Crippen LogP contribution in [0.1, 0.15) is 36.2 Å². The fourth-order valence-electron chi connectivity index (χ4n) is 3.67. The number of nitrogens with zero attached hydrogens (tertiary/aromatic N) is 4. The Labute approximate surface area is 183 Å². The molecule has 2 heterocycles. The third-order valence-electron chi connectivity index (χ3n) is 4.95. The van der Waals surface area contributed by atoms with Gasteiger partial charge in [-0.25, -0.2) is 4.98 Å². The van der Waals surface area contributed by atoms with Gasteiger partial charge in [0, 0.05) is 29.7 Å². The third kappa shape index (κ3) is 4.64. The minimum atomic E-state index is -4.69. The number of hydrogen-bond acceptors (Lipinski definition) is 5. The van der Waals surface area contributed by atoms with Crippen molar-refractivity contribution >= 4 is 29.2 Å². The minimum Gasteiger partial charge on any atom is -0.334 e. The van der Waals surface area contributed by atoms with Crippen molar-refractivity contribution in [1.29, 1.82) is 5.26 Å². The zero-order valence-corrected chi connectivity index (χ0v) is 18.5. The molecule has 1 aromatic carbocycles. The van der Waals surface area contributed by atoms with Crippen LogP contribution in [0.3, 0.4) is 0 Å². The summed E-state index contributed by atoms with van der Waals surface area (Å²) in [6.07, 6.45) is -4.69. The van der Waals surface area contributed by atoms with Crippen LogP contribution in [0.4, 0.5) is 24.7 Å².